The number of hydrogen-bond donors (Lipinski definition) is 1. The largest absolute Gasteiger partial charge is 0.383 e. The Bertz CT molecular complexity index is 1070. The molecule has 0 amide bonds. The molecule has 0 aliphatic heterocycles. The molecule has 128 valence electrons. The number of benzene rings is 2. The third kappa shape index (κ3) is 3.11. The van der Waals surface area contributed by atoms with Gasteiger partial charge in [-0.3, -0.25) is 9.59 Å². The molecule has 0 unspecified atom stereocenters. The number of Topliss-reactive ketones (excluding diaryl/α,β-unsaturated/α-hetero) is 1. The normalized spacial score (nSPS) is 11.4. The van der Waals surface area contributed by atoms with Crippen molar-refractivity contribution < 1.29 is 13.2 Å². The minimum Gasteiger partial charge on any atom is -0.383 e. The molecule has 0 bridgehead atoms. The first-order valence-corrected chi connectivity index (χ1v) is 8.82. The van der Waals surface area contributed by atoms with Crippen molar-refractivity contribution in [3.8, 4) is 0 Å². The molecule has 2 aromatic carbocycles. The number of ketones is 1. The summed E-state index contributed by atoms with van der Waals surface area (Å²) in [5.74, 6) is -0.653. The Morgan fingerprint density at radius 2 is 1.52 bits per heavy atom. The molecule has 0 fully saturated rings. The van der Waals surface area contributed by atoms with Crippen molar-refractivity contribution in [3.63, 3.8) is 0 Å². The van der Waals surface area contributed by atoms with Gasteiger partial charge in [0.05, 0.1) is 4.90 Å². The molecule has 8 heteroatoms. The molecule has 1 aromatic heterocycles. The van der Waals surface area contributed by atoms with E-state index in [1.54, 1.807) is 48.5 Å². The summed E-state index contributed by atoms with van der Waals surface area (Å²) in [5.41, 5.74) is 5.44. The van der Waals surface area contributed by atoms with Crippen molar-refractivity contribution in [1.82, 2.24) is 8.77 Å². The van der Waals surface area contributed by atoms with Gasteiger partial charge in [0.15, 0.2) is 5.78 Å². The van der Waals surface area contributed by atoms with E-state index >= 15 is 0 Å². The van der Waals surface area contributed by atoms with E-state index in [-0.39, 0.29) is 10.7 Å². The summed E-state index contributed by atoms with van der Waals surface area (Å²) >= 11 is 0. The average molecular weight is 357 g/mol. The van der Waals surface area contributed by atoms with Crippen molar-refractivity contribution in [2.24, 2.45) is 0 Å². The molecular weight excluding hydrogens is 342 g/mol. The Morgan fingerprint density at radius 3 is 2.12 bits per heavy atom. The first kappa shape index (κ1) is 16.7. The van der Waals surface area contributed by atoms with Crippen LogP contribution in [0.1, 0.15) is 10.4 Å². The summed E-state index contributed by atoms with van der Waals surface area (Å²) in [4.78, 5) is 24.5. The first-order valence-electron chi connectivity index (χ1n) is 7.38. The summed E-state index contributed by atoms with van der Waals surface area (Å²) < 4.78 is 27.1. The number of carbonyl (C=O) groups excluding carboxylic acids is 1. The Balaban J connectivity index is 2.08. The van der Waals surface area contributed by atoms with Crippen LogP contribution in [-0.4, -0.2) is 23.0 Å². The van der Waals surface area contributed by atoms with E-state index in [1.807, 2.05) is 0 Å². The Morgan fingerprint density at radius 1 is 0.960 bits per heavy atom. The van der Waals surface area contributed by atoms with Gasteiger partial charge in [0.1, 0.15) is 12.4 Å². The van der Waals surface area contributed by atoms with Gasteiger partial charge in [-0.2, -0.15) is 12.5 Å². The molecule has 0 saturated heterocycles. The van der Waals surface area contributed by atoms with Gasteiger partial charge < -0.3 is 5.73 Å². The zero-order valence-electron chi connectivity index (χ0n) is 13.1. The van der Waals surface area contributed by atoms with Crippen LogP contribution in [0.2, 0.25) is 0 Å². The third-order valence-electron chi connectivity index (χ3n) is 3.62. The average Bonchev–Trinajstić information content (AvgIpc) is 2.90. The lowest BCUT2D eigenvalue weighted by Crippen LogP contribution is -2.31. The molecule has 0 saturated carbocycles. The lowest BCUT2D eigenvalue weighted by atomic mass is 10.1. The number of nitrogen functional groups attached to an aromatic ring is 1. The van der Waals surface area contributed by atoms with E-state index in [1.165, 1.54) is 12.1 Å². The quantitative estimate of drug-likeness (QED) is 0.694. The second-order valence-corrected chi connectivity index (χ2v) is 7.08. The molecule has 25 heavy (non-hydrogen) atoms. The Hall–Kier alpha value is -3.13. The maximum atomic E-state index is 12.8. The SMILES string of the molecule is Nc1cc(=O)n(CC(=O)c2ccccc2)n1S(=O)(=O)c1ccccc1. The van der Waals surface area contributed by atoms with Crippen LogP contribution < -0.4 is 11.3 Å². The van der Waals surface area contributed by atoms with Crippen LogP contribution in [0.5, 0.6) is 0 Å². The van der Waals surface area contributed by atoms with E-state index in [4.69, 9.17) is 5.73 Å². The van der Waals surface area contributed by atoms with Gasteiger partial charge in [-0.25, -0.2) is 4.68 Å². The van der Waals surface area contributed by atoms with Crippen LogP contribution in [0, 0.1) is 0 Å². The van der Waals surface area contributed by atoms with Crippen molar-refractivity contribution >= 4 is 21.6 Å². The van der Waals surface area contributed by atoms with Crippen LogP contribution >= 0.6 is 0 Å². The number of anilines is 1. The van der Waals surface area contributed by atoms with E-state index in [0.29, 0.717) is 9.65 Å². The van der Waals surface area contributed by atoms with Crippen molar-refractivity contribution in [1.29, 1.82) is 0 Å². The predicted molar refractivity (Wildman–Crippen MR) is 92.9 cm³/mol. The maximum absolute atomic E-state index is 12.8. The smallest absolute Gasteiger partial charge is 0.283 e. The molecule has 0 radical (unpaired) electrons. The number of hydrogen-bond acceptors (Lipinski definition) is 5. The molecule has 0 aliphatic carbocycles. The standard InChI is InChI=1S/C17H15N3O4S/c18-16-11-17(22)19(12-15(21)13-7-3-1-4-8-13)20(16)25(23,24)14-9-5-2-6-10-14/h1-11H,12,18H2. The summed E-state index contributed by atoms with van der Waals surface area (Å²) in [5, 5.41) is 0. The topological polar surface area (TPSA) is 104 Å². The summed E-state index contributed by atoms with van der Waals surface area (Å²) in [6.07, 6.45) is 0. The van der Waals surface area contributed by atoms with Gasteiger partial charge in [0.2, 0.25) is 0 Å². The third-order valence-corrected chi connectivity index (χ3v) is 5.35. The summed E-state index contributed by atoms with van der Waals surface area (Å²) in [6, 6.07) is 16.9. The van der Waals surface area contributed by atoms with Gasteiger partial charge in [-0.15, -0.1) is 0 Å². The van der Waals surface area contributed by atoms with Gasteiger partial charge in [0.25, 0.3) is 15.6 Å². The van der Waals surface area contributed by atoms with Crippen molar-refractivity contribution in [3.05, 3.63) is 82.6 Å². The summed E-state index contributed by atoms with van der Waals surface area (Å²) in [6.45, 7) is -0.438. The molecule has 3 aromatic rings. The lowest BCUT2D eigenvalue weighted by Gasteiger charge is -2.13. The summed E-state index contributed by atoms with van der Waals surface area (Å²) in [7, 11) is -4.10. The van der Waals surface area contributed by atoms with E-state index in [9.17, 15) is 18.0 Å². The van der Waals surface area contributed by atoms with Crippen molar-refractivity contribution in [2.75, 3.05) is 5.73 Å². The van der Waals surface area contributed by atoms with Gasteiger partial charge in [-0.05, 0) is 12.1 Å². The van der Waals surface area contributed by atoms with Crippen molar-refractivity contribution in [2.45, 2.75) is 11.4 Å². The fourth-order valence-electron chi connectivity index (χ4n) is 2.44. The molecule has 2 N–H and O–H groups in total. The number of aromatic nitrogens is 2. The minimum absolute atomic E-state index is 0.0294. The van der Waals surface area contributed by atoms with Crippen LogP contribution in [0.3, 0.4) is 0 Å². The Kier molecular flexibility index (Phi) is 4.28. The highest BCUT2D eigenvalue weighted by Gasteiger charge is 2.25. The van der Waals surface area contributed by atoms with Gasteiger partial charge in [0, 0.05) is 11.6 Å². The predicted octanol–water partition coefficient (Wildman–Crippen LogP) is 1.35. The van der Waals surface area contributed by atoms with Crippen LogP contribution in [0.25, 0.3) is 0 Å². The van der Waals surface area contributed by atoms with Gasteiger partial charge in [-0.1, -0.05) is 48.5 Å². The molecule has 7 nitrogen and oxygen atoms in total. The zero-order valence-corrected chi connectivity index (χ0v) is 13.9. The monoisotopic (exact) mass is 357 g/mol. The second kappa shape index (κ2) is 6.40. The molecule has 1 heterocycles. The molecule has 0 atom stereocenters. The van der Waals surface area contributed by atoms with E-state index in [2.05, 4.69) is 0 Å². The lowest BCUT2D eigenvalue weighted by molar-refractivity contribution is 0.0965. The second-order valence-electron chi connectivity index (χ2n) is 5.32. The van der Waals surface area contributed by atoms with Crippen LogP contribution in [0.15, 0.2) is 76.4 Å². The molecular formula is C17H15N3O4S. The van der Waals surface area contributed by atoms with E-state index in [0.717, 1.165) is 10.7 Å². The highest BCUT2D eigenvalue weighted by molar-refractivity contribution is 7.90. The highest BCUT2D eigenvalue weighted by atomic mass is 32.2. The fraction of sp³-hybridized carbons (Fsp3) is 0.0588. The number of rotatable bonds is 5. The zero-order chi connectivity index (χ0) is 18.0. The van der Waals surface area contributed by atoms with Crippen LogP contribution in [0.4, 0.5) is 5.82 Å². The highest BCUT2D eigenvalue weighted by Crippen LogP contribution is 2.16. The number of nitrogens with two attached hydrogens (primary N) is 1. The fourth-order valence-corrected chi connectivity index (χ4v) is 3.87. The maximum Gasteiger partial charge on any atom is 0.283 e. The van der Waals surface area contributed by atoms with Gasteiger partial charge >= 0.3 is 0 Å². The molecule has 3 rings (SSSR count). The molecule has 0 spiro atoms. The first-order chi connectivity index (χ1) is 11.9. The number of nitrogens with zero attached hydrogens (tertiary/aromatic N) is 2. The molecule has 0 aliphatic rings. The minimum atomic E-state index is -4.10. The van der Waals surface area contributed by atoms with E-state index < -0.39 is 27.9 Å². The van der Waals surface area contributed by atoms with Crippen LogP contribution in [-0.2, 0) is 16.6 Å². The Labute approximate surface area is 144 Å². The number of carbonyl (C=O) groups is 1.